The second-order valence-electron chi connectivity index (χ2n) is 7.20. The molecule has 0 N–H and O–H groups in total. The number of nitrogens with zero attached hydrogens (tertiary/aromatic N) is 3. The van der Waals surface area contributed by atoms with E-state index in [1.165, 1.54) is 11.3 Å². The summed E-state index contributed by atoms with van der Waals surface area (Å²) in [6.45, 7) is 0.716. The van der Waals surface area contributed by atoms with Crippen molar-refractivity contribution in [3.05, 3.63) is 38.9 Å². The fourth-order valence-electron chi connectivity index (χ4n) is 3.86. The zero-order valence-corrected chi connectivity index (χ0v) is 16.0. The first-order chi connectivity index (χ1) is 12.6. The molecule has 4 rings (SSSR count). The molecule has 3 heterocycles. The van der Waals surface area contributed by atoms with E-state index < -0.39 is 0 Å². The largest absolute Gasteiger partial charge is 0.350 e. The van der Waals surface area contributed by atoms with Crippen LogP contribution in [0.1, 0.15) is 68.1 Å². The lowest BCUT2D eigenvalue weighted by Gasteiger charge is -2.23. The van der Waals surface area contributed by atoms with E-state index in [2.05, 4.69) is 5.16 Å². The molecule has 0 spiro atoms. The highest BCUT2D eigenvalue weighted by Crippen LogP contribution is 2.38. The molecule has 0 bridgehead atoms. The lowest BCUT2D eigenvalue weighted by atomic mass is 9.96. The fourth-order valence-corrected chi connectivity index (χ4v) is 5.04. The van der Waals surface area contributed by atoms with Crippen LogP contribution in [0.3, 0.4) is 0 Å². The maximum atomic E-state index is 13.1. The molecule has 2 aliphatic rings. The molecule has 7 heteroatoms. The molecule has 6 nitrogen and oxygen atoms in total. The van der Waals surface area contributed by atoms with E-state index in [-0.39, 0.29) is 17.9 Å². The van der Waals surface area contributed by atoms with Crippen LogP contribution >= 0.6 is 11.3 Å². The smallest absolute Gasteiger partial charge is 0.293 e. The third kappa shape index (κ3) is 2.94. The van der Waals surface area contributed by atoms with Gasteiger partial charge >= 0.3 is 0 Å². The van der Waals surface area contributed by atoms with Gasteiger partial charge in [0.15, 0.2) is 0 Å². The van der Waals surface area contributed by atoms with Crippen molar-refractivity contribution in [2.45, 2.75) is 44.6 Å². The number of aryl methyl sites for hydroxylation is 1. The standard InChI is InChI=1S/C19H23N3O3S/c1-21(2)18(23)16-10-9-15(26-16)14-8-5-11-22(14)19(24)17-12-6-3-4-7-13(12)20-25-17/h9-10,14H,3-8,11H2,1-2H3. The van der Waals surface area contributed by atoms with E-state index in [1.807, 2.05) is 17.0 Å². The Hall–Kier alpha value is -2.15. The molecule has 2 amide bonds. The van der Waals surface area contributed by atoms with Crippen LogP contribution in [0.25, 0.3) is 0 Å². The molecule has 138 valence electrons. The van der Waals surface area contributed by atoms with Crippen LogP contribution in [-0.4, -0.2) is 47.4 Å². The first-order valence-electron chi connectivity index (χ1n) is 9.16. The van der Waals surface area contributed by atoms with E-state index in [0.29, 0.717) is 17.2 Å². The van der Waals surface area contributed by atoms with Crippen LogP contribution in [0.2, 0.25) is 0 Å². The number of amides is 2. The van der Waals surface area contributed by atoms with Gasteiger partial charge < -0.3 is 14.3 Å². The van der Waals surface area contributed by atoms with Gasteiger partial charge in [0.25, 0.3) is 11.8 Å². The fraction of sp³-hybridized carbons (Fsp3) is 0.526. The zero-order chi connectivity index (χ0) is 18.3. The molecule has 0 saturated carbocycles. The monoisotopic (exact) mass is 373 g/mol. The van der Waals surface area contributed by atoms with E-state index in [0.717, 1.165) is 54.7 Å². The molecule has 2 aromatic heterocycles. The molecule has 1 saturated heterocycles. The maximum Gasteiger partial charge on any atom is 0.293 e. The highest BCUT2D eigenvalue weighted by atomic mass is 32.1. The molecule has 26 heavy (non-hydrogen) atoms. The van der Waals surface area contributed by atoms with Crippen LogP contribution in [-0.2, 0) is 12.8 Å². The quantitative estimate of drug-likeness (QED) is 0.828. The van der Waals surface area contributed by atoms with Crippen molar-refractivity contribution in [1.82, 2.24) is 15.0 Å². The van der Waals surface area contributed by atoms with Gasteiger partial charge in [0.1, 0.15) is 0 Å². The lowest BCUT2D eigenvalue weighted by molar-refractivity contribution is 0.0693. The Morgan fingerprint density at radius 1 is 1.23 bits per heavy atom. The molecule has 1 aliphatic carbocycles. The number of carbonyl (C=O) groups excluding carboxylic acids is 2. The van der Waals surface area contributed by atoms with E-state index >= 15 is 0 Å². The predicted octanol–water partition coefficient (Wildman–Crippen LogP) is 3.29. The molecular weight excluding hydrogens is 350 g/mol. The summed E-state index contributed by atoms with van der Waals surface area (Å²) in [6, 6.07) is 3.85. The Bertz CT molecular complexity index is 839. The van der Waals surface area contributed by atoms with Gasteiger partial charge in [-0.05, 0) is 50.7 Å². The maximum absolute atomic E-state index is 13.1. The van der Waals surface area contributed by atoms with Crippen LogP contribution in [0.15, 0.2) is 16.7 Å². The number of hydrogen-bond donors (Lipinski definition) is 0. The van der Waals surface area contributed by atoms with Crippen molar-refractivity contribution < 1.29 is 14.1 Å². The summed E-state index contributed by atoms with van der Waals surface area (Å²) in [5.41, 5.74) is 1.95. The third-order valence-corrected chi connectivity index (χ3v) is 6.41. The van der Waals surface area contributed by atoms with Gasteiger partial charge in [-0.15, -0.1) is 11.3 Å². The molecule has 1 fully saturated rings. The number of carbonyl (C=O) groups is 2. The first kappa shape index (κ1) is 17.3. The van der Waals surface area contributed by atoms with Crippen molar-refractivity contribution in [3.63, 3.8) is 0 Å². The number of fused-ring (bicyclic) bond motifs is 1. The topological polar surface area (TPSA) is 66.7 Å². The Kier molecular flexibility index (Phi) is 4.56. The highest BCUT2D eigenvalue weighted by Gasteiger charge is 2.36. The molecule has 1 atom stereocenters. The summed E-state index contributed by atoms with van der Waals surface area (Å²) in [6.07, 6.45) is 5.84. The highest BCUT2D eigenvalue weighted by molar-refractivity contribution is 7.14. The molecular formula is C19H23N3O3S. The minimum absolute atomic E-state index is 0.00132. The minimum atomic E-state index is -0.0583. The van der Waals surface area contributed by atoms with Crippen LogP contribution in [0.5, 0.6) is 0 Å². The number of thiophene rings is 1. The zero-order valence-electron chi connectivity index (χ0n) is 15.2. The van der Waals surface area contributed by atoms with Gasteiger partial charge in [0.2, 0.25) is 5.76 Å². The number of aromatic nitrogens is 1. The molecule has 1 unspecified atom stereocenters. The lowest BCUT2D eigenvalue weighted by Crippen LogP contribution is -2.30. The third-order valence-electron chi connectivity index (χ3n) is 5.24. The molecule has 0 aromatic carbocycles. The van der Waals surface area contributed by atoms with Crippen LogP contribution in [0.4, 0.5) is 0 Å². The first-order valence-corrected chi connectivity index (χ1v) is 9.97. The Labute approximate surface area is 156 Å². The predicted molar refractivity (Wildman–Crippen MR) is 98.5 cm³/mol. The van der Waals surface area contributed by atoms with E-state index in [9.17, 15) is 9.59 Å². The van der Waals surface area contributed by atoms with Crippen LogP contribution in [0, 0.1) is 0 Å². The SMILES string of the molecule is CN(C)C(=O)c1ccc(C2CCCN2C(=O)c2onc3c2CCCC3)s1. The molecule has 1 aliphatic heterocycles. The van der Waals surface area contributed by atoms with Crippen molar-refractivity contribution in [2.24, 2.45) is 0 Å². The van der Waals surface area contributed by atoms with Crippen LogP contribution < -0.4 is 0 Å². The number of hydrogen-bond acceptors (Lipinski definition) is 5. The van der Waals surface area contributed by atoms with E-state index in [4.69, 9.17) is 4.52 Å². The van der Waals surface area contributed by atoms with Crippen molar-refractivity contribution in [2.75, 3.05) is 20.6 Å². The van der Waals surface area contributed by atoms with Gasteiger partial charge in [-0.2, -0.15) is 0 Å². The molecule has 2 aromatic rings. The average Bonchev–Trinajstić information content (AvgIpc) is 3.38. The second kappa shape index (κ2) is 6.87. The van der Waals surface area contributed by atoms with E-state index in [1.54, 1.807) is 19.0 Å². The number of likely N-dealkylation sites (tertiary alicyclic amines) is 1. The van der Waals surface area contributed by atoms with Crippen molar-refractivity contribution >= 4 is 23.2 Å². The Balaban J connectivity index is 1.58. The van der Waals surface area contributed by atoms with Gasteiger partial charge in [0, 0.05) is 31.1 Å². The van der Waals surface area contributed by atoms with Crippen molar-refractivity contribution in [1.29, 1.82) is 0 Å². The summed E-state index contributed by atoms with van der Waals surface area (Å²) in [5, 5.41) is 4.12. The summed E-state index contributed by atoms with van der Waals surface area (Å²) in [5.74, 6) is 0.367. The van der Waals surface area contributed by atoms with Gasteiger partial charge in [-0.3, -0.25) is 9.59 Å². The van der Waals surface area contributed by atoms with Gasteiger partial charge in [-0.1, -0.05) is 5.16 Å². The second-order valence-corrected chi connectivity index (χ2v) is 8.32. The minimum Gasteiger partial charge on any atom is -0.350 e. The summed E-state index contributed by atoms with van der Waals surface area (Å²) >= 11 is 1.48. The van der Waals surface area contributed by atoms with Crippen molar-refractivity contribution in [3.8, 4) is 0 Å². The summed E-state index contributed by atoms with van der Waals surface area (Å²) in [4.78, 5) is 30.5. The summed E-state index contributed by atoms with van der Waals surface area (Å²) in [7, 11) is 3.50. The summed E-state index contributed by atoms with van der Waals surface area (Å²) < 4.78 is 5.45. The normalized spacial score (nSPS) is 19.5. The Morgan fingerprint density at radius 2 is 2.04 bits per heavy atom. The Morgan fingerprint density at radius 3 is 2.85 bits per heavy atom. The van der Waals surface area contributed by atoms with Gasteiger partial charge in [-0.25, -0.2) is 0 Å². The molecule has 0 radical (unpaired) electrons. The average molecular weight is 373 g/mol. The number of rotatable bonds is 3. The van der Waals surface area contributed by atoms with Gasteiger partial charge in [0.05, 0.1) is 16.6 Å².